The molecule has 0 amide bonds. The molecule has 18 heavy (non-hydrogen) atoms. The number of allylic oxidation sites excluding steroid dienone is 8. The standard InChI is InChI=1S/C15H18O3/c16-13-9-5-1-3-7-11-15(18)12-8-4-2-6-10-14-17/h1-6,9-10,13-14H,7-8,11-12H2. The summed E-state index contributed by atoms with van der Waals surface area (Å²) in [5.41, 5.74) is 0. The van der Waals surface area contributed by atoms with Crippen LogP contribution in [0.1, 0.15) is 25.7 Å². The molecule has 0 bridgehead atoms. The van der Waals surface area contributed by atoms with Crippen LogP contribution in [0.5, 0.6) is 0 Å². The fourth-order valence-electron chi connectivity index (χ4n) is 1.18. The predicted octanol–water partition coefficient (Wildman–Crippen LogP) is 2.74. The lowest BCUT2D eigenvalue weighted by molar-refractivity contribution is -0.119. The number of hydrogen-bond acceptors (Lipinski definition) is 3. The van der Waals surface area contributed by atoms with Gasteiger partial charge in [-0.15, -0.1) is 0 Å². The minimum atomic E-state index is 0.211. The molecule has 0 unspecified atom stereocenters. The van der Waals surface area contributed by atoms with Crippen molar-refractivity contribution in [3.8, 4) is 0 Å². The van der Waals surface area contributed by atoms with Gasteiger partial charge in [0.1, 0.15) is 18.4 Å². The molecule has 96 valence electrons. The maximum absolute atomic E-state index is 11.4. The number of hydrogen-bond donors (Lipinski definition) is 0. The van der Waals surface area contributed by atoms with E-state index in [1.54, 1.807) is 24.3 Å². The Morgan fingerprint density at radius 2 is 1.11 bits per heavy atom. The molecule has 0 fully saturated rings. The van der Waals surface area contributed by atoms with Crippen molar-refractivity contribution in [3.05, 3.63) is 48.6 Å². The Morgan fingerprint density at radius 3 is 1.50 bits per heavy atom. The topological polar surface area (TPSA) is 51.2 Å². The fourth-order valence-corrected chi connectivity index (χ4v) is 1.18. The van der Waals surface area contributed by atoms with E-state index in [4.69, 9.17) is 0 Å². The summed E-state index contributed by atoms with van der Waals surface area (Å²) in [4.78, 5) is 31.3. The molecule has 0 aliphatic carbocycles. The van der Waals surface area contributed by atoms with Gasteiger partial charge in [0.2, 0.25) is 0 Å². The molecule has 3 heteroatoms. The van der Waals surface area contributed by atoms with Crippen LogP contribution in [0.4, 0.5) is 0 Å². The molecule has 0 aromatic heterocycles. The lowest BCUT2D eigenvalue weighted by Gasteiger charge is -1.94. The summed E-state index contributed by atoms with van der Waals surface area (Å²) in [7, 11) is 0. The third-order valence-electron chi connectivity index (χ3n) is 2.05. The highest BCUT2D eigenvalue weighted by Gasteiger charge is 1.97. The quantitative estimate of drug-likeness (QED) is 0.338. The molecule has 0 saturated heterocycles. The van der Waals surface area contributed by atoms with Crippen molar-refractivity contribution >= 4 is 18.4 Å². The molecule has 0 spiro atoms. The SMILES string of the molecule is O=CC=CC=CCCC(=O)CCC=CC=CC=O. The van der Waals surface area contributed by atoms with E-state index in [1.165, 1.54) is 12.2 Å². The highest BCUT2D eigenvalue weighted by atomic mass is 16.1. The van der Waals surface area contributed by atoms with Gasteiger partial charge in [0.05, 0.1) is 0 Å². The molecule has 0 radical (unpaired) electrons. The van der Waals surface area contributed by atoms with Crippen molar-refractivity contribution in [1.29, 1.82) is 0 Å². The molecule has 0 atom stereocenters. The van der Waals surface area contributed by atoms with E-state index < -0.39 is 0 Å². The van der Waals surface area contributed by atoms with Crippen LogP contribution in [-0.4, -0.2) is 18.4 Å². The first kappa shape index (κ1) is 16.0. The predicted molar refractivity (Wildman–Crippen MR) is 72.2 cm³/mol. The van der Waals surface area contributed by atoms with Crippen molar-refractivity contribution in [2.24, 2.45) is 0 Å². The van der Waals surface area contributed by atoms with Gasteiger partial charge in [0.25, 0.3) is 0 Å². The van der Waals surface area contributed by atoms with Crippen LogP contribution in [0, 0.1) is 0 Å². The van der Waals surface area contributed by atoms with Crippen LogP contribution in [0.15, 0.2) is 48.6 Å². The first-order valence-electron chi connectivity index (χ1n) is 5.87. The molecule has 0 aromatic carbocycles. The molecule has 0 saturated carbocycles. The Morgan fingerprint density at radius 1 is 0.667 bits per heavy atom. The smallest absolute Gasteiger partial charge is 0.142 e. The average Bonchev–Trinajstić information content (AvgIpc) is 2.38. The van der Waals surface area contributed by atoms with Crippen molar-refractivity contribution in [2.75, 3.05) is 0 Å². The van der Waals surface area contributed by atoms with Gasteiger partial charge in [-0.05, 0) is 25.0 Å². The number of rotatable bonds is 10. The Bertz CT molecular complexity index is 326. The van der Waals surface area contributed by atoms with Gasteiger partial charge in [0.15, 0.2) is 0 Å². The summed E-state index contributed by atoms with van der Waals surface area (Å²) in [5.74, 6) is 0.211. The molecular formula is C15H18O3. The van der Waals surface area contributed by atoms with Crippen LogP contribution in [0.2, 0.25) is 0 Å². The van der Waals surface area contributed by atoms with Crippen LogP contribution in [-0.2, 0) is 14.4 Å². The highest BCUT2D eigenvalue weighted by Crippen LogP contribution is 2.01. The molecule has 0 rings (SSSR count). The first-order chi connectivity index (χ1) is 8.81. The molecule has 0 heterocycles. The Kier molecular flexibility index (Phi) is 11.6. The average molecular weight is 246 g/mol. The Balaban J connectivity index is 3.59. The molecule has 0 aromatic rings. The largest absolute Gasteiger partial charge is 0.300 e. The van der Waals surface area contributed by atoms with Gasteiger partial charge in [-0.3, -0.25) is 14.4 Å². The van der Waals surface area contributed by atoms with Crippen molar-refractivity contribution in [3.63, 3.8) is 0 Å². The van der Waals surface area contributed by atoms with E-state index in [2.05, 4.69) is 0 Å². The lowest BCUT2D eigenvalue weighted by atomic mass is 10.1. The fraction of sp³-hybridized carbons (Fsp3) is 0.267. The minimum Gasteiger partial charge on any atom is -0.300 e. The van der Waals surface area contributed by atoms with E-state index in [-0.39, 0.29) is 5.78 Å². The van der Waals surface area contributed by atoms with Gasteiger partial charge >= 0.3 is 0 Å². The summed E-state index contributed by atoms with van der Waals surface area (Å²) in [6.45, 7) is 0. The van der Waals surface area contributed by atoms with Crippen LogP contribution in [0.3, 0.4) is 0 Å². The van der Waals surface area contributed by atoms with Gasteiger partial charge < -0.3 is 0 Å². The molecule has 0 aliphatic rings. The summed E-state index contributed by atoms with van der Waals surface area (Å²) < 4.78 is 0. The second kappa shape index (κ2) is 13.0. The summed E-state index contributed by atoms with van der Waals surface area (Å²) in [6.07, 6.45) is 17.1. The second-order valence-corrected chi connectivity index (χ2v) is 3.51. The molecule has 3 nitrogen and oxygen atoms in total. The van der Waals surface area contributed by atoms with Crippen molar-refractivity contribution < 1.29 is 14.4 Å². The second-order valence-electron chi connectivity index (χ2n) is 3.51. The van der Waals surface area contributed by atoms with E-state index in [0.717, 1.165) is 0 Å². The third-order valence-corrected chi connectivity index (χ3v) is 2.05. The van der Waals surface area contributed by atoms with Crippen LogP contribution in [0.25, 0.3) is 0 Å². The van der Waals surface area contributed by atoms with Crippen LogP contribution >= 0.6 is 0 Å². The third kappa shape index (κ3) is 12.0. The van der Waals surface area contributed by atoms with Crippen LogP contribution < -0.4 is 0 Å². The minimum absolute atomic E-state index is 0.211. The molecular weight excluding hydrogens is 228 g/mol. The number of carbonyl (C=O) groups is 3. The highest BCUT2D eigenvalue weighted by molar-refractivity contribution is 5.78. The lowest BCUT2D eigenvalue weighted by Crippen LogP contribution is -1.95. The summed E-state index contributed by atoms with van der Waals surface area (Å²) >= 11 is 0. The Hall–Kier alpha value is -2.03. The maximum Gasteiger partial charge on any atom is 0.142 e. The first-order valence-corrected chi connectivity index (χ1v) is 5.87. The van der Waals surface area contributed by atoms with Gasteiger partial charge in [-0.25, -0.2) is 0 Å². The van der Waals surface area contributed by atoms with E-state index in [9.17, 15) is 14.4 Å². The summed E-state index contributed by atoms with van der Waals surface area (Å²) in [5, 5.41) is 0. The van der Waals surface area contributed by atoms with Gasteiger partial charge in [-0.1, -0.05) is 36.5 Å². The zero-order chi connectivity index (χ0) is 13.5. The van der Waals surface area contributed by atoms with E-state index >= 15 is 0 Å². The normalized spacial score (nSPS) is 12.0. The zero-order valence-electron chi connectivity index (χ0n) is 10.3. The van der Waals surface area contributed by atoms with Gasteiger partial charge in [-0.2, -0.15) is 0 Å². The van der Waals surface area contributed by atoms with Crippen molar-refractivity contribution in [1.82, 2.24) is 0 Å². The molecule has 0 N–H and O–H groups in total. The molecule has 0 aliphatic heterocycles. The maximum atomic E-state index is 11.4. The number of Topliss-reactive ketones (excluding diaryl/α,β-unsaturated/α-hetero) is 1. The van der Waals surface area contributed by atoms with E-state index in [0.29, 0.717) is 38.3 Å². The number of ketones is 1. The zero-order valence-corrected chi connectivity index (χ0v) is 10.3. The van der Waals surface area contributed by atoms with Crippen molar-refractivity contribution in [2.45, 2.75) is 25.7 Å². The van der Waals surface area contributed by atoms with E-state index in [1.807, 2.05) is 12.2 Å². The monoisotopic (exact) mass is 246 g/mol. The summed E-state index contributed by atoms with van der Waals surface area (Å²) in [6, 6.07) is 0. The number of carbonyl (C=O) groups excluding carboxylic acids is 3. The Labute approximate surface area is 108 Å². The van der Waals surface area contributed by atoms with Gasteiger partial charge in [0, 0.05) is 12.8 Å². The number of aldehydes is 2.